The van der Waals surface area contributed by atoms with Crippen molar-refractivity contribution in [3.63, 3.8) is 0 Å². The summed E-state index contributed by atoms with van der Waals surface area (Å²) >= 11 is 0. The zero-order valence-corrected chi connectivity index (χ0v) is 14.1. The van der Waals surface area contributed by atoms with Crippen molar-refractivity contribution in [2.45, 2.75) is 36.8 Å². The number of rotatable bonds is 3. The van der Waals surface area contributed by atoms with Gasteiger partial charge >= 0.3 is 0 Å². The summed E-state index contributed by atoms with van der Waals surface area (Å²) < 4.78 is 46.2. The fraction of sp³-hybridized carbons (Fsp3) is 0.278. The lowest BCUT2D eigenvalue weighted by Crippen LogP contribution is -2.24. The average molecular weight is 361 g/mol. The molecule has 1 heterocycles. The van der Waals surface area contributed by atoms with Crippen molar-refractivity contribution in [2.75, 3.05) is 4.31 Å². The number of nitrogens with zero attached hydrogens (tertiary/aromatic N) is 1. The predicted molar refractivity (Wildman–Crippen MR) is 89.5 cm³/mol. The second-order valence-corrected chi connectivity index (χ2v) is 8.06. The van der Waals surface area contributed by atoms with E-state index in [-0.39, 0.29) is 28.7 Å². The molecule has 5 nitrogen and oxygen atoms in total. The quantitative estimate of drug-likeness (QED) is 0.843. The van der Waals surface area contributed by atoms with E-state index < -0.39 is 21.9 Å². The predicted octanol–water partition coefficient (Wildman–Crippen LogP) is 3.04. The Morgan fingerprint density at radius 1 is 1.16 bits per heavy atom. The van der Waals surface area contributed by atoms with Crippen molar-refractivity contribution in [1.29, 1.82) is 0 Å². The van der Waals surface area contributed by atoms with Gasteiger partial charge in [0.1, 0.15) is 11.6 Å². The van der Waals surface area contributed by atoms with Crippen LogP contribution in [0.1, 0.15) is 24.8 Å². The smallest absolute Gasteiger partial charge is 0.264 e. The molecule has 130 valence electrons. The van der Waals surface area contributed by atoms with Crippen LogP contribution in [0.15, 0.2) is 47.4 Å². The van der Waals surface area contributed by atoms with E-state index in [9.17, 15) is 17.6 Å². The molecule has 0 bridgehead atoms. The molecule has 0 amide bonds. The molecule has 0 spiro atoms. The van der Waals surface area contributed by atoms with Gasteiger partial charge in [-0.25, -0.2) is 12.8 Å². The molecule has 1 fully saturated rings. The first kappa shape index (κ1) is 16.1. The minimum absolute atomic E-state index is 0.00740. The number of benzene rings is 2. The van der Waals surface area contributed by atoms with Crippen molar-refractivity contribution in [2.24, 2.45) is 0 Å². The summed E-state index contributed by atoms with van der Waals surface area (Å²) in [5, 5.41) is 0. The Hall–Kier alpha value is -2.41. The molecule has 2 aromatic carbocycles. The first-order chi connectivity index (χ1) is 11.9. The monoisotopic (exact) mass is 361 g/mol. The number of halogens is 1. The van der Waals surface area contributed by atoms with Gasteiger partial charge in [-0.2, -0.15) is 0 Å². The highest BCUT2D eigenvalue weighted by atomic mass is 32.2. The molecule has 4 rings (SSSR count). The van der Waals surface area contributed by atoms with Crippen LogP contribution in [0.5, 0.6) is 5.75 Å². The lowest BCUT2D eigenvalue weighted by molar-refractivity contribution is -0.123. The van der Waals surface area contributed by atoms with Crippen LogP contribution in [0.2, 0.25) is 0 Å². The number of anilines is 1. The molecule has 25 heavy (non-hydrogen) atoms. The van der Waals surface area contributed by atoms with Gasteiger partial charge in [0.2, 0.25) is 0 Å². The summed E-state index contributed by atoms with van der Waals surface area (Å²) in [4.78, 5) is 12.0. The SMILES string of the molecule is O=C1CCCC1Oc1cc(F)cc(N2Cc3ccccc3S2(=O)=O)c1. The number of fused-ring (bicyclic) bond motifs is 1. The molecular formula is C18H16FNO4S. The summed E-state index contributed by atoms with van der Waals surface area (Å²) in [5.41, 5.74) is 0.858. The Morgan fingerprint density at radius 2 is 1.96 bits per heavy atom. The fourth-order valence-electron chi connectivity index (χ4n) is 3.31. The average Bonchev–Trinajstić information content (AvgIpc) is 3.08. The maximum absolute atomic E-state index is 14.0. The molecule has 0 N–H and O–H groups in total. The molecule has 0 saturated heterocycles. The van der Waals surface area contributed by atoms with Gasteiger partial charge < -0.3 is 4.74 Å². The van der Waals surface area contributed by atoms with Gasteiger partial charge in [-0.1, -0.05) is 18.2 Å². The minimum atomic E-state index is -3.73. The van der Waals surface area contributed by atoms with Crippen molar-refractivity contribution >= 4 is 21.5 Å². The molecule has 0 aromatic heterocycles. The van der Waals surface area contributed by atoms with E-state index in [1.807, 2.05) is 0 Å². The largest absolute Gasteiger partial charge is 0.482 e. The fourth-order valence-corrected chi connectivity index (χ4v) is 4.95. The number of ketones is 1. The van der Waals surface area contributed by atoms with Gasteiger partial charge in [0, 0.05) is 18.6 Å². The second kappa shape index (κ2) is 5.84. The van der Waals surface area contributed by atoms with Crippen LogP contribution in [0.4, 0.5) is 10.1 Å². The first-order valence-corrected chi connectivity index (χ1v) is 9.50. The van der Waals surface area contributed by atoms with Gasteiger partial charge in [-0.3, -0.25) is 9.10 Å². The van der Waals surface area contributed by atoms with E-state index in [1.165, 1.54) is 12.1 Å². The molecule has 2 aliphatic rings. The van der Waals surface area contributed by atoms with Crippen LogP contribution in [-0.2, 0) is 21.4 Å². The normalized spacial score (nSPS) is 21.4. The van der Waals surface area contributed by atoms with Crippen molar-refractivity contribution < 1.29 is 22.3 Å². The highest BCUT2D eigenvalue weighted by molar-refractivity contribution is 7.93. The number of carbonyl (C=O) groups excluding carboxylic acids is 1. The van der Waals surface area contributed by atoms with E-state index in [1.54, 1.807) is 24.3 Å². The molecule has 1 aliphatic carbocycles. The standard InChI is InChI=1S/C18H16FNO4S/c19-13-8-14(10-15(9-13)24-17-6-3-5-16(17)21)20-11-12-4-1-2-7-18(12)25(20,22)23/h1-2,4,7-10,17H,3,5-6,11H2. The Labute approximate surface area is 145 Å². The number of hydrogen-bond acceptors (Lipinski definition) is 4. The van der Waals surface area contributed by atoms with Crippen molar-refractivity contribution in [3.05, 3.63) is 53.8 Å². The zero-order chi connectivity index (χ0) is 17.6. The Kier molecular flexibility index (Phi) is 3.76. The van der Waals surface area contributed by atoms with E-state index in [0.29, 0.717) is 18.4 Å². The summed E-state index contributed by atoms with van der Waals surface area (Å²) in [6.07, 6.45) is 1.23. The highest BCUT2D eigenvalue weighted by Crippen LogP contribution is 2.36. The van der Waals surface area contributed by atoms with Gasteiger partial charge in [0.25, 0.3) is 10.0 Å². The van der Waals surface area contributed by atoms with Gasteiger partial charge in [-0.05, 0) is 30.5 Å². The molecule has 2 aromatic rings. The maximum atomic E-state index is 14.0. The van der Waals surface area contributed by atoms with Crippen LogP contribution >= 0.6 is 0 Å². The topological polar surface area (TPSA) is 63.7 Å². The molecule has 1 saturated carbocycles. The van der Waals surface area contributed by atoms with Crippen LogP contribution in [0, 0.1) is 5.82 Å². The Bertz CT molecular complexity index is 957. The molecule has 0 radical (unpaired) electrons. The molecule has 1 unspecified atom stereocenters. The lowest BCUT2D eigenvalue weighted by atomic mass is 10.2. The number of hydrogen-bond donors (Lipinski definition) is 0. The third-order valence-electron chi connectivity index (χ3n) is 4.53. The summed E-state index contributed by atoms with van der Waals surface area (Å²) in [6, 6.07) is 10.5. The van der Waals surface area contributed by atoms with Gasteiger partial charge in [0.15, 0.2) is 11.9 Å². The van der Waals surface area contributed by atoms with Crippen molar-refractivity contribution in [1.82, 2.24) is 0 Å². The molecular weight excluding hydrogens is 345 g/mol. The van der Waals surface area contributed by atoms with Crippen LogP contribution in [0.3, 0.4) is 0 Å². The summed E-state index contributed by atoms with van der Waals surface area (Å²) in [6.45, 7) is 0.143. The van der Waals surface area contributed by atoms with Gasteiger partial charge in [0.05, 0.1) is 17.1 Å². The van der Waals surface area contributed by atoms with E-state index >= 15 is 0 Å². The third kappa shape index (κ3) is 2.78. The van der Waals surface area contributed by atoms with Crippen molar-refractivity contribution in [3.8, 4) is 5.75 Å². The Balaban J connectivity index is 1.69. The second-order valence-electron chi connectivity index (χ2n) is 6.23. The summed E-state index contributed by atoms with van der Waals surface area (Å²) in [5.74, 6) is -0.447. The van der Waals surface area contributed by atoms with E-state index in [0.717, 1.165) is 16.8 Å². The number of carbonyl (C=O) groups is 1. The molecule has 7 heteroatoms. The maximum Gasteiger partial charge on any atom is 0.264 e. The molecule has 1 aliphatic heterocycles. The first-order valence-electron chi connectivity index (χ1n) is 8.06. The summed E-state index contributed by atoms with van der Waals surface area (Å²) in [7, 11) is -3.73. The third-order valence-corrected chi connectivity index (χ3v) is 6.40. The van der Waals surface area contributed by atoms with E-state index in [4.69, 9.17) is 4.74 Å². The highest BCUT2D eigenvalue weighted by Gasteiger charge is 2.35. The number of Topliss-reactive ketones (excluding diaryl/α,β-unsaturated/α-hetero) is 1. The lowest BCUT2D eigenvalue weighted by Gasteiger charge is -2.19. The number of ether oxygens (including phenoxy) is 1. The van der Waals surface area contributed by atoms with Crippen LogP contribution in [0.25, 0.3) is 0 Å². The zero-order valence-electron chi connectivity index (χ0n) is 13.3. The molecule has 1 atom stereocenters. The van der Waals surface area contributed by atoms with E-state index in [2.05, 4.69) is 0 Å². The van der Waals surface area contributed by atoms with Crippen LogP contribution < -0.4 is 9.04 Å². The van der Waals surface area contributed by atoms with Crippen LogP contribution in [-0.4, -0.2) is 20.3 Å². The minimum Gasteiger partial charge on any atom is -0.482 e. The number of sulfonamides is 1. The Morgan fingerprint density at radius 3 is 2.68 bits per heavy atom. The van der Waals surface area contributed by atoms with Gasteiger partial charge in [-0.15, -0.1) is 0 Å².